The van der Waals surface area contributed by atoms with E-state index in [9.17, 15) is 0 Å². The molecule has 0 spiro atoms. The zero-order chi connectivity index (χ0) is 16.6. The van der Waals surface area contributed by atoms with Crippen molar-refractivity contribution in [2.45, 2.75) is 13.2 Å². The van der Waals surface area contributed by atoms with E-state index in [1.807, 2.05) is 47.4 Å². The fraction of sp³-hybridized carbons (Fsp3) is 0.333. The Balaban J connectivity index is 0.00000225. The quantitative estimate of drug-likeness (QED) is 0.427. The molecule has 6 nitrogen and oxygen atoms in total. The summed E-state index contributed by atoms with van der Waals surface area (Å²) in [6, 6.07) is 13.9. The highest BCUT2D eigenvalue weighted by Crippen LogP contribution is 2.17. The summed E-state index contributed by atoms with van der Waals surface area (Å²) in [5, 5.41) is 0. The van der Waals surface area contributed by atoms with Crippen LogP contribution in [0.4, 0.5) is 0 Å². The number of aromatic nitrogens is 1. The maximum absolute atomic E-state index is 6.07. The Labute approximate surface area is 165 Å². The van der Waals surface area contributed by atoms with Crippen LogP contribution in [-0.2, 0) is 17.9 Å². The highest BCUT2D eigenvalue weighted by Gasteiger charge is 2.12. The Morgan fingerprint density at radius 1 is 1.16 bits per heavy atom. The van der Waals surface area contributed by atoms with Crippen LogP contribution in [0, 0.1) is 0 Å². The van der Waals surface area contributed by atoms with Gasteiger partial charge in [0.25, 0.3) is 0 Å². The van der Waals surface area contributed by atoms with E-state index in [4.69, 9.17) is 15.2 Å². The van der Waals surface area contributed by atoms with E-state index >= 15 is 0 Å². The lowest BCUT2D eigenvalue weighted by Crippen LogP contribution is -2.44. The number of pyridine rings is 1. The lowest BCUT2D eigenvalue weighted by Gasteiger charge is -2.27. The molecule has 1 aromatic heterocycles. The van der Waals surface area contributed by atoms with E-state index in [1.54, 1.807) is 6.20 Å². The second-order valence-corrected chi connectivity index (χ2v) is 5.52. The van der Waals surface area contributed by atoms with Crippen LogP contribution in [0.15, 0.2) is 53.7 Å². The number of hydrogen-bond donors (Lipinski definition) is 1. The molecular formula is C18H23IN4O2. The molecule has 7 heteroatoms. The number of nitrogens with two attached hydrogens (primary N) is 1. The number of nitrogens with zero attached hydrogens (tertiary/aromatic N) is 3. The Morgan fingerprint density at radius 2 is 1.92 bits per heavy atom. The van der Waals surface area contributed by atoms with Gasteiger partial charge in [0.2, 0.25) is 5.88 Å². The largest absolute Gasteiger partial charge is 0.473 e. The number of halogens is 1. The van der Waals surface area contributed by atoms with Gasteiger partial charge in [-0.15, -0.1) is 24.0 Å². The average Bonchev–Trinajstić information content (AvgIpc) is 2.66. The predicted molar refractivity (Wildman–Crippen MR) is 108 cm³/mol. The SMILES string of the molecule is I.NC(=NCc1cccnc1OCc1ccccc1)N1CCOCC1. The van der Waals surface area contributed by atoms with Gasteiger partial charge < -0.3 is 20.1 Å². The standard InChI is InChI=1S/C18H22N4O2.HI/c19-18(22-9-11-23-12-10-22)21-13-16-7-4-8-20-17(16)24-14-15-5-2-1-3-6-15;/h1-8H,9-14H2,(H2,19,21);1H. The van der Waals surface area contributed by atoms with Crippen LogP contribution >= 0.6 is 24.0 Å². The highest BCUT2D eigenvalue weighted by molar-refractivity contribution is 14.0. The summed E-state index contributed by atoms with van der Waals surface area (Å²) in [5.41, 5.74) is 8.09. The Hall–Kier alpha value is -1.87. The van der Waals surface area contributed by atoms with E-state index in [0.717, 1.165) is 24.2 Å². The third kappa shape index (κ3) is 5.86. The zero-order valence-corrected chi connectivity index (χ0v) is 16.3. The third-order valence-electron chi connectivity index (χ3n) is 3.81. The molecular weight excluding hydrogens is 431 g/mol. The number of aliphatic imine (C=N–C) groups is 1. The van der Waals surface area contributed by atoms with Gasteiger partial charge in [0.05, 0.1) is 19.8 Å². The Kier molecular flexibility index (Phi) is 7.93. The molecule has 1 aliphatic heterocycles. The number of ether oxygens (including phenoxy) is 2. The number of hydrogen-bond acceptors (Lipinski definition) is 4. The van der Waals surface area contributed by atoms with Crippen LogP contribution in [0.1, 0.15) is 11.1 Å². The van der Waals surface area contributed by atoms with Gasteiger partial charge in [0, 0.05) is 24.8 Å². The molecule has 0 aliphatic carbocycles. The van der Waals surface area contributed by atoms with E-state index in [1.165, 1.54) is 0 Å². The van der Waals surface area contributed by atoms with Crippen molar-refractivity contribution >= 4 is 29.9 Å². The minimum absolute atomic E-state index is 0. The summed E-state index contributed by atoms with van der Waals surface area (Å²) in [4.78, 5) is 10.8. The van der Waals surface area contributed by atoms with Gasteiger partial charge in [-0.3, -0.25) is 0 Å². The number of guanidine groups is 1. The molecule has 134 valence electrons. The van der Waals surface area contributed by atoms with Crippen molar-refractivity contribution in [3.63, 3.8) is 0 Å². The first-order valence-electron chi connectivity index (χ1n) is 8.06. The first kappa shape index (κ1) is 19.5. The van der Waals surface area contributed by atoms with Gasteiger partial charge in [-0.1, -0.05) is 36.4 Å². The summed E-state index contributed by atoms with van der Waals surface area (Å²) in [6.07, 6.45) is 1.72. The van der Waals surface area contributed by atoms with Crippen LogP contribution in [-0.4, -0.2) is 42.1 Å². The van der Waals surface area contributed by atoms with E-state index in [2.05, 4.69) is 9.98 Å². The smallest absolute Gasteiger partial charge is 0.218 e. The van der Waals surface area contributed by atoms with Crippen LogP contribution in [0.25, 0.3) is 0 Å². The maximum atomic E-state index is 6.07. The molecule has 0 bridgehead atoms. The van der Waals surface area contributed by atoms with E-state index in [-0.39, 0.29) is 24.0 Å². The second-order valence-electron chi connectivity index (χ2n) is 5.52. The van der Waals surface area contributed by atoms with Crippen molar-refractivity contribution in [3.05, 3.63) is 59.8 Å². The lowest BCUT2D eigenvalue weighted by atomic mass is 10.2. The molecule has 2 N–H and O–H groups in total. The molecule has 1 saturated heterocycles. The monoisotopic (exact) mass is 454 g/mol. The highest BCUT2D eigenvalue weighted by atomic mass is 127. The van der Waals surface area contributed by atoms with Gasteiger partial charge >= 0.3 is 0 Å². The predicted octanol–water partition coefficient (Wildman–Crippen LogP) is 2.43. The van der Waals surface area contributed by atoms with Gasteiger partial charge in [-0.25, -0.2) is 9.98 Å². The van der Waals surface area contributed by atoms with Crippen molar-refractivity contribution < 1.29 is 9.47 Å². The van der Waals surface area contributed by atoms with Gasteiger partial charge in [0.1, 0.15) is 6.61 Å². The molecule has 1 fully saturated rings. The molecule has 0 amide bonds. The van der Waals surface area contributed by atoms with Crippen LogP contribution in [0.3, 0.4) is 0 Å². The van der Waals surface area contributed by atoms with Crippen molar-refractivity contribution in [1.29, 1.82) is 0 Å². The molecule has 0 atom stereocenters. The summed E-state index contributed by atoms with van der Waals surface area (Å²) in [7, 11) is 0. The van der Waals surface area contributed by atoms with Crippen LogP contribution in [0.5, 0.6) is 5.88 Å². The van der Waals surface area contributed by atoms with Gasteiger partial charge in [-0.2, -0.15) is 0 Å². The van der Waals surface area contributed by atoms with Crippen molar-refractivity contribution in [2.24, 2.45) is 10.7 Å². The zero-order valence-electron chi connectivity index (χ0n) is 14.0. The molecule has 2 heterocycles. The Morgan fingerprint density at radius 3 is 2.68 bits per heavy atom. The minimum atomic E-state index is 0. The lowest BCUT2D eigenvalue weighted by molar-refractivity contribution is 0.0674. The Bertz CT molecular complexity index is 676. The summed E-state index contributed by atoms with van der Waals surface area (Å²) in [6.45, 7) is 3.86. The van der Waals surface area contributed by atoms with Gasteiger partial charge in [0.15, 0.2) is 5.96 Å². The van der Waals surface area contributed by atoms with Gasteiger partial charge in [-0.05, 0) is 11.6 Å². The van der Waals surface area contributed by atoms with Crippen molar-refractivity contribution in [2.75, 3.05) is 26.3 Å². The number of morpholine rings is 1. The fourth-order valence-corrected chi connectivity index (χ4v) is 2.46. The number of rotatable bonds is 5. The first-order chi connectivity index (χ1) is 11.8. The molecule has 0 radical (unpaired) electrons. The molecule has 1 aromatic carbocycles. The summed E-state index contributed by atoms with van der Waals surface area (Å²) >= 11 is 0. The van der Waals surface area contributed by atoms with Crippen LogP contribution < -0.4 is 10.5 Å². The second kappa shape index (κ2) is 10.2. The topological polar surface area (TPSA) is 73.0 Å². The molecule has 0 unspecified atom stereocenters. The van der Waals surface area contributed by atoms with E-state index in [0.29, 0.717) is 38.2 Å². The molecule has 0 saturated carbocycles. The van der Waals surface area contributed by atoms with Crippen LogP contribution in [0.2, 0.25) is 0 Å². The molecule has 2 aromatic rings. The molecule has 3 rings (SSSR count). The fourth-order valence-electron chi connectivity index (χ4n) is 2.46. The summed E-state index contributed by atoms with van der Waals surface area (Å²) < 4.78 is 11.2. The maximum Gasteiger partial charge on any atom is 0.218 e. The normalized spacial score (nSPS) is 14.7. The molecule has 1 aliphatic rings. The van der Waals surface area contributed by atoms with Crippen molar-refractivity contribution in [3.8, 4) is 5.88 Å². The third-order valence-corrected chi connectivity index (χ3v) is 3.81. The minimum Gasteiger partial charge on any atom is -0.473 e. The summed E-state index contributed by atoms with van der Waals surface area (Å²) in [5.74, 6) is 1.14. The first-order valence-corrected chi connectivity index (χ1v) is 8.06. The van der Waals surface area contributed by atoms with E-state index < -0.39 is 0 Å². The molecule has 25 heavy (non-hydrogen) atoms. The number of benzene rings is 1. The average molecular weight is 454 g/mol. The van der Waals surface area contributed by atoms with Crippen molar-refractivity contribution in [1.82, 2.24) is 9.88 Å².